The molecule has 0 bridgehead atoms. The van der Waals surface area contributed by atoms with Crippen LogP contribution in [0.4, 0.5) is 0 Å². The molecule has 0 saturated carbocycles. The van der Waals surface area contributed by atoms with Gasteiger partial charge in [-0.2, -0.15) is 0 Å². The van der Waals surface area contributed by atoms with Gasteiger partial charge in [0.25, 0.3) is 0 Å². The maximum Gasteiger partial charge on any atom is 0.149 e. The van der Waals surface area contributed by atoms with E-state index >= 15 is 0 Å². The van der Waals surface area contributed by atoms with Gasteiger partial charge < -0.3 is 4.74 Å². The van der Waals surface area contributed by atoms with Crippen molar-refractivity contribution in [2.45, 2.75) is 24.0 Å². The number of hydrogen-bond acceptors (Lipinski definition) is 1. The molecule has 1 aliphatic rings. The van der Waals surface area contributed by atoms with Gasteiger partial charge in [0.2, 0.25) is 0 Å². The first kappa shape index (κ1) is 17.9. The average Bonchev–Trinajstić information content (AvgIpc) is 3.44. The smallest absolute Gasteiger partial charge is 0.149 e. The largest absolute Gasteiger partial charge is 0.352 e. The van der Waals surface area contributed by atoms with E-state index in [-0.39, 0.29) is 5.60 Å². The third-order valence-electron chi connectivity index (χ3n) is 5.97. The fourth-order valence-corrected chi connectivity index (χ4v) is 4.66. The van der Waals surface area contributed by atoms with Crippen molar-refractivity contribution in [3.63, 3.8) is 0 Å². The molecule has 4 aromatic rings. The lowest BCUT2D eigenvalue weighted by Gasteiger charge is -2.22. The van der Waals surface area contributed by atoms with Gasteiger partial charge in [-0.1, -0.05) is 121 Å². The summed E-state index contributed by atoms with van der Waals surface area (Å²) in [6.07, 6.45) is 1.74. The molecule has 1 saturated heterocycles. The number of rotatable bonds is 6. The molecule has 0 spiro atoms. The van der Waals surface area contributed by atoms with Gasteiger partial charge in [0.15, 0.2) is 0 Å². The second-order valence-corrected chi connectivity index (χ2v) is 7.83. The van der Waals surface area contributed by atoms with E-state index in [0.29, 0.717) is 0 Å². The van der Waals surface area contributed by atoms with Gasteiger partial charge in [-0.25, -0.2) is 0 Å². The Morgan fingerprint density at radius 3 is 1.17 bits per heavy atom. The highest BCUT2D eigenvalue weighted by atomic mass is 16.6. The van der Waals surface area contributed by atoms with Gasteiger partial charge in [0.05, 0.1) is 0 Å². The Bertz CT molecular complexity index is 975. The second-order valence-electron chi connectivity index (χ2n) is 7.83. The zero-order valence-corrected chi connectivity index (χ0v) is 16.4. The minimum atomic E-state index is -0.443. The Kier molecular flexibility index (Phi) is 4.54. The van der Waals surface area contributed by atoms with Gasteiger partial charge in [0, 0.05) is 12.8 Å². The number of hydrogen-bond donors (Lipinski definition) is 0. The molecule has 1 heterocycles. The van der Waals surface area contributed by atoms with Gasteiger partial charge in [-0.05, 0) is 22.3 Å². The minimum absolute atomic E-state index is 0.321. The highest BCUT2D eigenvalue weighted by molar-refractivity contribution is 5.49. The first-order valence-corrected chi connectivity index (χ1v) is 10.2. The lowest BCUT2D eigenvalue weighted by atomic mass is 9.75. The number of benzene rings is 4. The molecular weight excluding hydrogens is 352 g/mol. The van der Waals surface area contributed by atoms with E-state index in [1.54, 1.807) is 0 Å². The summed E-state index contributed by atoms with van der Waals surface area (Å²) in [5.41, 5.74) is 4.28. The summed E-state index contributed by atoms with van der Waals surface area (Å²) in [5.74, 6) is 0. The van der Waals surface area contributed by atoms with Crippen LogP contribution >= 0.6 is 0 Å². The molecule has 4 aromatic carbocycles. The zero-order chi connectivity index (χ0) is 19.6. The predicted molar refractivity (Wildman–Crippen MR) is 118 cm³/mol. The predicted octanol–water partition coefficient (Wildman–Crippen LogP) is 6.18. The monoisotopic (exact) mass is 376 g/mol. The normalized spacial score (nSPS) is 16.3. The van der Waals surface area contributed by atoms with Crippen molar-refractivity contribution < 1.29 is 4.74 Å². The van der Waals surface area contributed by atoms with Gasteiger partial charge >= 0.3 is 0 Å². The Morgan fingerprint density at radius 1 is 0.448 bits per heavy atom. The Hall–Kier alpha value is -3.16. The standard InChI is InChI=1S/C28H24O/c1-5-13-23(14-6-1)21-27(22-24-15-7-2-8-16-24)28(29-27,25-17-9-3-10-18-25)26-19-11-4-12-20-26/h1-20H,21-22H2. The van der Waals surface area contributed by atoms with E-state index in [1.807, 2.05) is 0 Å². The number of ether oxygens (including phenoxy) is 1. The lowest BCUT2D eigenvalue weighted by molar-refractivity contribution is 0.273. The van der Waals surface area contributed by atoms with E-state index in [1.165, 1.54) is 22.3 Å². The van der Waals surface area contributed by atoms with Crippen LogP contribution in [0.2, 0.25) is 0 Å². The molecule has 0 aromatic heterocycles. The van der Waals surface area contributed by atoms with Gasteiger partial charge in [-0.3, -0.25) is 0 Å². The van der Waals surface area contributed by atoms with Crippen LogP contribution in [0.5, 0.6) is 0 Å². The van der Waals surface area contributed by atoms with Crippen LogP contribution < -0.4 is 0 Å². The van der Waals surface area contributed by atoms with E-state index in [4.69, 9.17) is 4.74 Å². The van der Waals surface area contributed by atoms with Crippen LogP contribution in [0.15, 0.2) is 121 Å². The SMILES string of the molecule is c1ccc(CC2(Cc3ccccc3)OC2(c2ccccc2)c2ccccc2)cc1. The van der Waals surface area contributed by atoms with E-state index in [9.17, 15) is 0 Å². The summed E-state index contributed by atoms with van der Waals surface area (Å²) in [7, 11) is 0. The molecule has 0 atom stereocenters. The fourth-order valence-electron chi connectivity index (χ4n) is 4.66. The molecule has 0 N–H and O–H groups in total. The van der Waals surface area contributed by atoms with Crippen LogP contribution in [0.3, 0.4) is 0 Å². The molecule has 1 fully saturated rings. The summed E-state index contributed by atoms with van der Waals surface area (Å²) in [6, 6.07) is 42.8. The summed E-state index contributed by atoms with van der Waals surface area (Å²) < 4.78 is 6.87. The molecule has 0 unspecified atom stereocenters. The molecule has 1 aliphatic heterocycles. The van der Waals surface area contributed by atoms with E-state index < -0.39 is 5.60 Å². The maximum absolute atomic E-state index is 6.87. The van der Waals surface area contributed by atoms with E-state index in [0.717, 1.165) is 12.8 Å². The van der Waals surface area contributed by atoms with Gasteiger partial charge in [-0.15, -0.1) is 0 Å². The third kappa shape index (κ3) is 3.18. The highest BCUT2D eigenvalue weighted by Crippen LogP contribution is 2.62. The summed E-state index contributed by atoms with van der Waals surface area (Å²) >= 11 is 0. The fraction of sp³-hybridized carbons (Fsp3) is 0.143. The minimum Gasteiger partial charge on any atom is -0.352 e. The average molecular weight is 376 g/mol. The van der Waals surface area contributed by atoms with Crippen molar-refractivity contribution in [1.82, 2.24) is 0 Å². The van der Waals surface area contributed by atoms with Crippen molar-refractivity contribution in [3.05, 3.63) is 144 Å². The summed E-state index contributed by atoms with van der Waals surface area (Å²) in [4.78, 5) is 0. The molecular formula is C28H24O. The van der Waals surface area contributed by atoms with Crippen LogP contribution in [0.1, 0.15) is 22.3 Å². The van der Waals surface area contributed by atoms with Crippen LogP contribution in [-0.4, -0.2) is 5.60 Å². The quantitative estimate of drug-likeness (QED) is 0.366. The highest BCUT2D eigenvalue weighted by Gasteiger charge is 2.70. The first-order valence-electron chi connectivity index (χ1n) is 10.2. The molecule has 5 rings (SSSR count). The molecule has 29 heavy (non-hydrogen) atoms. The molecule has 0 amide bonds. The van der Waals surface area contributed by atoms with Crippen molar-refractivity contribution in [2.75, 3.05) is 0 Å². The first-order chi connectivity index (χ1) is 14.3. The van der Waals surface area contributed by atoms with Crippen LogP contribution in [0, 0.1) is 0 Å². The summed E-state index contributed by atoms with van der Waals surface area (Å²) in [6.45, 7) is 0. The van der Waals surface area contributed by atoms with Crippen LogP contribution in [-0.2, 0) is 23.2 Å². The molecule has 0 aliphatic carbocycles. The summed E-state index contributed by atoms with van der Waals surface area (Å²) in [5, 5.41) is 0. The van der Waals surface area contributed by atoms with Crippen molar-refractivity contribution >= 4 is 0 Å². The topological polar surface area (TPSA) is 12.5 Å². The zero-order valence-electron chi connectivity index (χ0n) is 16.4. The molecule has 1 nitrogen and oxygen atoms in total. The van der Waals surface area contributed by atoms with Gasteiger partial charge in [0.1, 0.15) is 11.2 Å². The number of epoxide rings is 1. The van der Waals surface area contributed by atoms with Crippen molar-refractivity contribution in [2.24, 2.45) is 0 Å². The van der Waals surface area contributed by atoms with E-state index in [2.05, 4.69) is 121 Å². The Morgan fingerprint density at radius 2 is 0.793 bits per heavy atom. The molecule has 0 radical (unpaired) electrons. The van der Waals surface area contributed by atoms with Crippen molar-refractivity contribution in [1.29, 1.82) is 0 Å². The Balaban J connectivity index is 1.65. The third-order valence-corrected chi connectivity index (χ3v) is 5.97. The second kappa shape index (κ2) is 7.35. The molecule has 142 valence electrons. The lowest BCUT2D eigenvalue weighted by Crippen LogP contribution is -2.30. The van der Waals surface area contributed by atoms with Crippen LogP contribution in [0.25, 0.3) is 0 Å². The Labute approximate surface area is 172 Å². The van der Waals surface area contributed by atoms with Crippen molar-refractivity contribution in [3.8, 4) is 0 Å². The molecule has 1 heteroatoms. The maximum atomic E-state index is 6.87.